The number of benzene rings is 3. The third kappa shape index (κ3) is 6.06. The standard InChI is InChI=1S/C23H24IN3O2S/c1-3-25-23(30)27-26-14-17-12-20(24)22(21(13-17)28-4-2)29-15-16-9-10-18-7-5-6-8-19(18)11-16/h5-14H,3-4,15H2,1-2H3,(H2,25,27,30)/b26-14-. The van der Waals surface area contributed by atoms with Crippen molar-refractivity contribution < 1.29 is 9.47 Å². The highest BCUT2D eigenvalue weighted by atomic mass is 127. The van der Waals surface area contributed by atoms with Gasteiger partial charge in [0.05, 0.1) is 16.4 Å². The van der Waals surface area contributed by atoms with Crippen LogP contribution in [0.1, 0.15) is 25.0 Å². The maximum absolute atomic E-state index is 6.16. The minimum atomic E-state index is 0.465. The second-order valence-corrected chi connectivity index (χ2v) is 8.03. The van der Waals surface area contributed by atoms with Crippen LogP contribution in [0.2, 0.25) is 0 Å². The number of hydrogen-bond donors (Lipinski definition) is 2. The minimum absolute atomic E-state index is 0.465. The summed E-state index contributed by atoms with van der Waals surface area (Å²) in [7, 11) is 0. The summed E-state index contributed by atoms with van der Waals surface area (Å²) in [6, 6.07) is 18.6. The van der Waals surface area contributed by atoms with Crippen molar-refractivity contribution in [3.63, 3.8) is 0 Å². The molecule has 0 aliphatic carbocycles. The van der Waals surface area contributed by atoms with Crippen molar-refractivity contribution in [2.45, 2.75) is 20.5 Å². The third-order valence-electron chi connectivity index (χ3n) is 4.25. The van der Waals surface area contributed by atoms with Crippen molar-refractivity contribution in [2.24, 2.45) is 5.10 Å². The van der Waals surface area contributed by atoms with Gasteiger partial charge in [-0.15, -0.1) is 0 Å². The molecule has 156 valence electrons. The summed E-state index contributed by atoms with van der Waals surface area (Å²) >= 11 is 7.37. The maximum Gasteiger partial charge on any atom is 0.186 e. The van der Waals surface area contributed by atoms with Crippen molar-refractivity contribution in [1.82, 2.24) is 10.7 Å². The molecule has 0 aliphatic rings. The van der Waals surface area contributed by atoms with Crippen molar-refractivity contribution >= 4 is 56.9 Å². The lowest BCUT2D eigenvalue weighted by atomic mass is 10.1. The normalized spacial score (nSPS) is 10.9. The van der Waals surface area contributed by atoms with Gasteiger partial charge in [-0.2, -0.15) is 5.10 Å². The van der Waals surface area contributed by atoms with Gasteiger partial charge in [-0.05, 0) is 88.8 Å². The van der Waals surface area contributed by atoms with Crippen LogP contribution in [-0.4, -0.2) is 24.5 Å². The fourth-order valence-electron chi connectivity index (χ4n) is 2.92. The van der Waals surface area contributed by atoms with Crippen LogP contribution in [0, 0.1) is 3.57 Å². The van der Waals surface area contributed by atoms with E-state index in [2.05, 4.69) is 68.8 Å². The zero-order valence-corrected chi connectivity index (χ0v) is 19.9. The van der Waals surface area contributed by atoms with E-state index in [-0.39, 0.29) is 0 Å². The zero-order valence-electron chi connectivity index (χ0n) is 16.9. The quantitative estimate of drug-likeness (QED) is 0.180. The minimum Gasteiger partial charge on any atom is -0.490 e. The molecule has 0 amide bonds. The Balaban J connectivity index is 1.75. The first-order valence-corrected chi connectivity index (χ1v) is 11.2. The van der Waals surface area contributed by atoms with Crippen LogP contribution in [0.5, 0.6) is 11.5 Å². The molecule has 0 unspecified atom stereocenters. The van der Waals surface area contributed by atoms with Gasteiger partial charge in [0, 0.05) is 6.54 Å². The largest absolute Gasteiger partial charge is 0.490 e. The molecule has 3 aromatic carbocycles. The number of halogens is 1. The number of fused-ring (bicyclic) bond motifs is 1. The van der Waals surface area contributed by atoms with Gasteiger partial charge in [-0.3, -0.25) is 5.43 Å². The Kier molecular flexibility index (Phi) is 8.27. The fourth-order valence-corrected chi connectivity index (χ4v) is 3.89. The maximum atomic E-state index is 6.16. The monoisotopic (exact) mass is 533 g/mol. The van der Waals surface area contributed by atoms with Crippen LogP contribution in [0.15, 0.2) is 59.7 Å². The summed E-state index contributed by atoms with van der Waals surface area (Å²) in [5.74, 6) is 1.43. The average molecular weight is 533 g/mol. The van der Waals surface area contributed by atoms with E-state index in [1.54, 1.807) is 6.21 Å². The molecule has 7 heteroatoms. The molecule has 2 N–H and O–H groups in total. The third-order valence-corrected chi connectivity index (χ3v) is 5.28. The molecule has 3 rings (SSSR count). The van der Waals surface area contributed by atoms with Crippen LogP contribution < -0.4 is 20.2 Å². The average Bonchev–Trinajstić information content (AvgIpc) is 2.73. The number of thiocarbonyl (C=S) groups is 1. The molecule has 0 spiro atoms. The molecule has 0 bridgehead atoms. The molecule has 0 fully saturated rings. The second kappa shape index (κ2) is 11.1. The van der Waals surface area contributed by atoms with Crippen LogP contribution in [-0.2, 0) is 6.61 Å². The summed E-state index contributed by atoms with van der Waals surface area (Å²) < 4.78 is 12.9. The van der Waals surface area contributed by atoms with Crippen LogP contribution >= 0.6 is 34.8 Å². The van der Waals surface area contributed by atoms with Gasteiger partial charge >= 0.3 is 0 Å². The molecule has 0 atom stereocenters. The van der Waals surface area contributed by atoms with Gasteiger partial charge in [-0.1, -0.05) is 36.4 Å². The topological polar surface area (TPSA) is 54.9 Å². The highest BCUT2D eigenvalue weighted by Crippen LogP contribution is 2.34. The Morgan fingerprint density at radius 2 is 1.87 bits per heavy atom. The Morgan fingerprint density at radius 1 is 1.07 bits per heavy atom. The van der Waals surface area contributed by atoms with E-state index in [1.165, 1.54) is 10.8 Å². The van der Waals surface area contributed by atoms with E-state index >= 15 is 0 Å². The van der Waals surface area contributed by atoms with Gasteiger partial charge in [0.2, 0.25) is 0 Å². The van der Waals surface area contributed by atoms with Gasteiger partial charge < -0.3 is 14.8 Å². The summed E-state index contributed by atoms with van der Waals surface area (Å²) in [5, 5.41) is 10.1. The van der Waals surface area contributed by atoms with Gasteiger partial charge in [0.25, 0.3) is 0 Å². The Bertz CT molecular complexity index is 1060. The lowest BCUT2D eigenvalue weighted by Gasteiger charge is -2.15. The van der Waals surface area contributed by atoms with Crippen LogP contribution in [0.3, 0.4) is 0 Å². The summed E-state index contributed by atoms with van der Waals surface area (Å²) in [6.07, 6.45) is 1.71. The molecule has 0 aliphatic heterocycles. The summed E-state index contributed by atoms with van der Waals surface area (Å²) in [4.78, 5) is 0. The van der Waals surface area contributed by atoms with E-state index in [1.807, 2.05) is 38.1 Å². The van der Waals surface area contributed by atoms with Gasteiger partial charge in [0.1, 0.15) is 6.61 Å². The first-order chi connectivity index (χ1) is 14.6. The van der Waals surface area contributed by atoms with E-state index in [4.69, 9.17) is 21.7 Å². The SMILES string of the molecule is CCNC(=S)N/N=C\c1cc(I)c(OCc2ccc3ccccc3c2)c(OCC)c1. The Morgan fingerprint density at radius 3 is 2.63 bits per heavy atom. The lowest BCUT2D eigenvalue weighted by molar-refractivity contribution is 0.267. The first-order valence-electron chi connectivity index (χ1n) is 9.74. The van der Waals surface area contributed by atoms with Gasteiger partial charge in [-0.25, -0.2) is 0 Å². The van der Waals surface area contributed by atoms with Crippen molar-refractivity contribution in [1.29, 1.82) is 0 Å². The smallest absolute Gasteiger partial charge is 0.186 e. The molecule has 0 radical (unpaired) electrons. The van der Waals surface area contributed by atoms with Crippen molar-refractivity contribution in [3.05, 3.63) is 69.3 Å². The Hall–Kier alpha value is -2.39. The molecular weight excluding hydrogens is 509 g/mol. The van der Waals surface area contributed by atoms with Crippen LogP contribution in [0.4, 0.5) is 0 Å². The molecule has 0 aromatic heterocycles. The van der Waals surface area contributed by atoms with Crippen LogP contribution in [0.25, 0.3) is 10.8 Å². The summed E-state index contributed by atoms with van der Waals surface area (Å²) in [6.45, 7) is 5.69. The number of nitrogens with one attached hydrogen (secondary N) is 2. The number of ether oxygens (including phenoxy) is 2. The van der Waals surface area contributed by atoms with Gasteiger partial charge in [0.15, 0.2) is 16.6 Å². The number of hydrogen-bond acceptors (Lipinski definition) is 4. The molecule has 30 heavy (non-hydrogen) atoms. The molecule has 5 nitrogen and oxygen atoms in total. The fraction of sp³-hybridized carbons (Fsp3) is 0.217. The molecular formula is C23H24IN3O2S. The number of hydrazone groups is 1. The number of nitrogens with zero attached hydrogens (tertiary/aromatic N) is 1. The van der Waals surface area contributed by atoms with E-state index in [9.17, 15) is 0 Å². The highest BCUT2D eigenvalue weighted by molar-refractivity contribution is 14.1. The van der Waals surface area contributed by atoms with E-state index < -0.39 is 0 Å². The predicted octanol–water partition coefficient (Wildman–Crippen LogP) is 5.24. The molecule has 0 saturated carbocycles. The highest BCUT2D eigenvalue weighted by Gasteiger charge is 2.12. The Labute approximate surface area is 196 Å². The molecule has 0 heterocycles. The zero-order chi connectivity index (χ0) is 21.3. The summed E-state index contributed by atoms with van der Waals surface area (Å²) in [5.41, 5.74) is 4.80. The van der Waals surface area contributed by atoms with Crippen molar-refractivity contribution in [3.8, 4) is 11.5 Å². The lowest BCUT2D eigenvalue weighted by Crippen LogP contribution is -2.31. The first kappa shape index (κ1) is 22.3. The van der Waals surface area contributed by atoms with E-state index in [0.29, 0.717) is 24.1 Å². The van der Waals surface area contributed by atoms with Crippen molar-refractivity contribution in [2.75, 3.05) is 13.2 Å². The van der Waals surface area contributed by atoms with E-state index in [0.717, 1.165) is 27.0 Å². The molecule has 0 saturated heterocycles. The number of rotatable bonds is 8. The molecule has 3 aromatic rings. The predicted molar refractivity (Wildman–Crippen MR) is 136 cm³/mol. The second-order valence-electron chi connectivity index (χ2n) is 6.46.